The standard InChI is InChI=1S/C15H17N5O/c1-9-17-14(20-19-9)10-3-2-4-13(8-10)18-15(21)11-5-6-12(16)7-11/h2-6,8,11-12H,7,16H2,1H3,(H,18,21)(H,17,19,20). The van der Waals surface area contributed by atoms with Crippen molar-refractivity contribution < 1.29 is 4.79 Å². The molecule has 1 amide bonds. The lowest BCUT2D eigenvalue weighted by Crippen LogP contribution is -2.23. The zero-order chi connectivity index (χ0) is 14.8. The molecule has 2 aromatic rings. The maximum Gasteiger partial charge on any atom is 0.231 e. The molecule has 6 heteroatoms. The van der Waals surface area contributed by atoms with Gasteiger partial charge < -0.3 is 11.1 Å². The second-order valence-corrected chi connectivity index (χ2v) is 5.21. The van der Waals surface area contributed by atoms with E-state index in [2.05, 4.69) is 20.5 Å². The van der Waals surface area contributed by atoms with E-state index in [0.717, 1.165) is 17.1 Å². The van der Waals surface area contributed by atoms with E-state index in [1.807, 2.05) is 43.3 Å². The van der Waals surface area contributed by atoms with Crippen molar-refractivity contribution in [3.8, 4) is 11.4 Å². The number of H-pyrrole nitrogens is 1. The fourth-order valence-electron chi connectivity index (χ4n) is 2.36. The molecule has 0 saturated carbocycles. The molecule has 1 aliphatic rings. The number of aryl methyl sites for hydroxylation is 1. The Morgan fingerprint density at radius 2 is 2.29 bits per heavy atom. The number of benzene rings is 1. The van der Waals surface area contributed by atoms with Gasteiger partial charge in [-0.1, -0.05) is 24.3 Å². The molecule has 0 aliphatic heterocycles. The van der Waals surface area contributed by atoms with Gasteiger partial charge in [-0.05, 0) is 25.5 Å². The molecule has 0 spiro atoms. The Bertz CT molecular complexity index is 691. The SMILES string of the molecule is Cc1nc(-c2cccc(NC(=O)C3C=CC(N)C3)c2)n[nH]1. The summed E-state index contributed by atoms with van der Waals surface area (Å²) in [5.74, 6) is 1.17. The number of amides is 1. The van der Waals surface area contributed by atoms with E-state index in [9.17, 15) is 4.79 Å². The lowest BCUT2D eigenvalue weighted by molar-refractivity contribution is -0.118. The molecular weight excluding hydrogens is 266 g/mol. The number of hydrogen-bond acceptors (Lipinski definition) is 4. The Morgan fingerprint density at radius 3 is 2.95 bits per heavy atom. The minimum absolute atomic E-state index is 0.0247. The molecule has 21 heavy (non-hydrogen) atoms. The summed E-state index contributed by atoms with van der Waals surface area (Å²) in [6, 6.07) is 7.46. The van der Waals surface area contributed by atoms with Crippen molar-refractivity contribution >= 4 is 11.6 Å². The van der Waals surface area contributed by atoms with E-state index in [0.29, 0.717) is 12.2 Å². The first-order chi connectivity index (χ1) is 10.1. The highest BCUT2D eigenvalue weighted by Gasteiger charge is 2.22. The van der Waals surface area contributed by atoms with Crippen molar-refractivity contribution in [3.63, 3.8) is 0 Å². The Hall–Kier alpha value is -2.47. The number of nitrogens with two attached hydrogens (primary N) is 1. The zero-order valence-electron chi connectivity index (χ0n) is 11.7. The number of anilines is 1. The number of aromatic nitrogens is 3. The van der Waals surface area contributed by atoms with Crippen LogP contribution in [0.5, 0.6) is 0 Å². The maximum atomic E-state index is 12.2. The van der Waals surface area contributed by atoms with Crippen molar-refractivity contribution in [2.75, 3.05) is 5.32 Å². The number of nitrogens with zero attached hydrogens (tertiary/aromatic N) is 2. The highest BCUT2D eigenvalue weighted by molar-refractivity contribution is 5.94. The van der Waals surface area contributed by atoms with Gasteiger partial charge in [0.2, 0.25) is 5.91 Å². The average molecular weight is 283 g/mol. The van der Waals surface area contributed by atoms with Gasteiger partial charge in [0, 0.05) is 17.3 Å². The third kappa shape index (κ3) is 3.00. The van der Waals surface area contributed by atoms with Crippen molar-refractivity contribution in [2.45, 2.75) is 19.4 Å². The van der Waals surface area contributed by atoms with E-state index in [1.165, 1.54) is 0 Å². The third-order valence-corrected chi connectivity index (χ3v) is 3.44. The second kappa shape index (κ2) is 5.49. The number of nitrogens with one attached hydrogen (secondary N) is 2. The van der Waals surface area contributed by atoms with Crippen LogP contribution in [-0.2, 0) is 4.79 Å². The minimum atomic E-state index is -0.158. The number of rotatable bonds is 3. The largest absolute Gasteiger partial charge is 0.326 e. The number of hydrogen-bond donors (Lipinski definition) is 3. The first-order valence-electron chi connectivity index (χ1n) is 6.86. The van der Waals surface area contributed by atoms with Gasteiger partial charge in [-0.25, -0.2) is 4.98 Å². The Balaban J connectivity index is 1.74. The van der Waals surface area contributed by atoms with Crippen LogP contribution in [-0.4, -0.2) is 27.1 Å². The molecule has 4 N–H and O–H groups in total. The Morgan fingerprint density at radius 1 is 1.43 bits per heavy atom. The zero-order valence-corrected chi connectivity index (χ0v) is 11.7. The van der Waals surface area contributed by atoms with E-state index < -0.39 is 0 Å². The fourth-order valence-corrected chi connectivity index (χ4v) is 2.36. The summed E-state index contributed by atoms with van der Waals surface area (Å²) in [7, 11) is 0. The summed E-state index contributed by atoms with van der Waals surface area (Å²) in [5, 5.41) is 9.83. The van der Waals surface area contributed by atoms with Gasteiger partial charge in [0.1, 0.15) is 5.82 Å². The second-order valence-electron chi connectivity index (χ2n) is 5.21. The highest BCUT2D eigenvalue weighted by atomic mass is 16.1. The monoisotopic (exact) mass is 283 g/mol. The minimum Gasteiger partial charge on any atom is -0.326 e. The van der Waals surface area contributed by atoms with Gasteiger partial charge in [-0.2, -0.15) is 5.10 Å². The third-order valence-electron chi connectivity index (χ3n) is 3.44. The molecule has 2 unspecified atom stereocenters. The van der Waals surface area contributed by atoms with Crippen LogP contribution < -0.4 is 11.1 Å². The number of aromatic amines is 1. The summed E-state index contributed by atoms with van der Waals surface area (Å²) in [4.78, 5) is 16.4. The predicted molar refractivity (Wildman–Crippen MR) is 80.4 cm³/mol. The first-order valence-corrected chi connectivity index (χ1v) is 6.86. The van der Waals surface area contributed by atoms with Gasteiger partial charge in [0.25, 0.3) is 0 Å². The lowest BCUT2D eigenvalue weighted by atomic mass is 10.1. The van der Waals surface area contributed by atoms with Gasteiger partial charge in [-0.3, -0.25) is 9.89 Å². The molecule has 108 valence electrons. The van der Waals surface area contributed by atoms with Crippen LogP contribution in [0, 0.1) is 12.8 Å². The molecule has 0 radical (unpaired) electrons. The van der Waals surface area contributed by atoms with E-state index >= 15 is 0 Å². The van der Waals surface area contributed by atoms with Crippen LogP contribution in [0.2, 0.25) is 0 Å². The molecule has 1 heterocycles. The number of carbonyl (C=O) groups is 1. The molecular formula is C15H17N5O. The molecule has 1 aliphatic carbocycles. The molecule has 1 aromatic heterocycles. The van der Waals surface area contributed by atoms with Crippen LogP contribution in [0.1, 0.15) is 12.2 Å². The summed E-state index contributed by atoms with van der Waals surface area (Å²) in [6.45, 7) is 1.85. The Kier molecular flexibility index (Phi) is 3.53. The van der Waals surface area contributed by atoms with Crippen LogP contribution in [0.4, 0.5) is 5.69 Å². The van der Waals surface area contributed by atoms with Gasteiger partial charge in [0.15, 0.2) is 5.82 Å². The molecule has 0 saturated heterocycles. The fraction of sp³-hybridized carbons (Fsp3) is 0.267. The Labute approximate surface area is 122 Å². The van der Waals surface area contributed by atoms with Crippen LogP contribution in [0.25, 0.3) is 11.4 Å². The topological polar surface area (TPSA) is 96.7 Å². The predicted octanol–water partition coefficient (Wildman–Crippen LogP) is 1.62. The molecule has 1 aromatic carbocycles. The maximum absolute atomic E-state index is 12.2. The van der Waals surface area contributed by atoms with Crippen molar-refractivity contribution in [3.05, 3.63) is 42.2 Å². The first kappa shape index (κ1) is 13.5. The van der Waals surface area contributed by atoms with E-state index in [1.54, 1.807) is 0 Å². The average Bonchev–Trinajstić information content (AvgIpc) is 3.08. The van der Waals surface area contributed by atoms with Gasteiger partial charge in [0.05, 0.1) is 5.92 Å². The summed E-state index contributed by atoms with van der Waals surface area (Å²) < 4.78 is 0. The van der Waals surface area contributed by atoms with Crippen molar-refractivity contribution in [2.24, 2.45) is 11.7 Å². The van der Waals surface area contributed by atoms with Gasteiger partial charge >= 0.3 is 0 Å². The number of carbonyl (C=O) groups excluding carboxylic acids is 1. The normalized spacial score (nSPS) is 20.7. The van der Waals surface area contributed by atoms with Crippen LogP contribution in [0.3, 0.4) is 0 Å². The van der Waals surface area contributed by atoms with E-state index in [-0.39, 0.29) is 17.9 Å². The summed E-state index contributed by atoms with van der Waals surface area (Å²) in [5.41, 5.74) is 7.36. The smallest absolute Gasteiger partial charge is 0.231 e. The molecule has 3 rings (SSSR count). The lowest BCUT2D eigenvalue weighted by Gasteiger charge is -2.11. The summed E-state index contributed by atoms with van der Waals surface area (Å²) in [6.07, 6.45) is 4.39. The molecule has 2 atom stereocenters. The van der Waals surface area contributed by atoms with Gasteiger partial charge in [-0.15, -0.1) is 0 Å². The van der Waals surface area contributed by atoms with Crippen LogP contribution >= 0.6 is 0 Å². The van der Waals surface area contributed by atoms with E-state index in [4.69, 9.17) is 5.73 Å². The highest BCUT2D eigenvalue weighted by Crippen LogP contribution is 2.22. The van der Waals surface area contributed by atoms with Crippen molar-refractivity contribution in [1.82, 2.24) is 15.2 Å². The molecule has 0 bridgehead atoms. The quantitative estimate of drug-likeness (QED) is 0.746. The molecule has 0 fully saturated rings. The summed E-state index contributed by atoms with van der Waals surface area (Å²) >= 11 is 0. The van der Waals surface area contributed by atoms with Crippen LogP contribution in [0.15, 0.2) is 36.4 Å². The van der Waals surface area contributed by atoms with Crippen molar-refractivity contribution in [1.29, 1.82) is 0 Å². The molecule has 6 nitrogen and oxygen atoms in total.